The number of aliphatic hydroxyl groups excluding tert-OH is 4. The van der Waals surface area contributed by atoms with Gasteiger partial charge in [0, 0.05) is 10.9 Å². The van der Waals surface area contributed by atoms with Crippen LogP contribution in [0.1, 0.15) is 6.92 Å². The highest BCUT2D eigenvalue weighted by atomic mass is 16.4. The Balaban J connectivity index is 1.71. The zero-order valence-corrected chi connectivity index (χ0v) is 13.3. The maximum absolute atomic E-state index is 9.71. The molecule has 0 amide bonds. The summed E-state index contributed by atoms with van der Waals surface area (Å²) in [7, 11) is 0. The van der Waals surface area contributed by atoms with Crippen LogP contribution >= 0.6 is 0 Å². The van der Waals surface area contributed by atoms with Crippen molar-refractivity contribution >= 4 is 34.2 Å². The number of nitrogens with one attached hydrogen (secondary N) is 2. The number of hydrogen-bond donors (Lipinski definition) is 6. The van der Waals surface area contributed by atoms with E-state index in [2.05, 4.69) is 30.7 Å². The Bertz CT molecular complexity index is 896. The zero-order chi connectivity index (χ0) is 18.0. The Morgan fingerprint density at radius 1 is 1.12 bits per heavy atom. The van der Waals surface area contributed by atoms with Crippen LogP contribution in [0.5, 0.6) is 0 Å². The van der Waals surface area contributed by atoms with Gasteiger partial charge in [-0.1, -0.05) is 18.2 Å². The molecule has 2 aromatic heterocycles. The first-order valence-electron chi connectivity index (χ1n) is 7.60. The number of aliphatic hydroxyl groups is 4. The second kappa shape index (κ2) is 7.07. The maximum atomic E-state index is 9.71. The van der Waals surface area contributed by atoms with Crippen molar-refractivity contribution in [2.24, 2.45) is 5.10 Å². The molecule has 0 saturated heterocycles. The SMILES string of the molecule is CC(O)C(O)C(O)C(O)C=NNc1nnc2c(n1)[nH]c1ccccc12. The first-order chi connectivity index (χ1) is 12.0. The van der Waals surface area contributed by atoms with Gasteiger partial charge in [0.2, 0.25) is 0 Å². The van der Waals surface area contributed by atoms with Crippen LogP contribution in [0.4, 0.5) is 5.95 Å². The standard InChI is InChI=1S/C15H18N6O4/c1-7(22)12(24)13(25)10(23)6-16-20-15-18-14-11(19-21-15)8-4-2-3-5-9(8)17-14/h2-7,10,12-13,22-25H,1H3,(H2,17,18,20,21). The van der Waals surface area contributed by atoms with E-state index in [1.165, 1.54) is 6.92 Å². The fourth-order valence-electron chi connectivity index (χ4n) is 2.31. The molecule has 132 valence electrons. The minimum atomic E-state index is -1.58. The summed E-state index contributed by atoms with van der Waals surface area (Å²) in [6.07, 6.45) is -4.79. The number of benzene rings is 1. The molecule has 0 aliphatic rings. The highest BCUT2D eigenvalue weighted by molar-refractivity contribution is 6.03. The van der Waals surface area contributed by atoms with Crippen LogP contribution in [0.3, 0.4) is 0 Å². The molecule has 25 heavy (non-hydrogen) atoms. The Morgan fingerprint density at radius 3 is 2.64 bits per heavy atom. The van der Waals surface area contributed by atoms with Crippen molar-refractivity contribution in [1.29, 1.82) is 0 Å². The summed E-state index contributed by atoms with van der Waals surface area (Å²) in [6.45, 7) is 1.30. The summed E-state index contributed by atoms with van der Waals surface area (Å²) in [5.41, 5.74) is 4.52. The molecule has 10 nitrogen and oxygen atoms in total. The Morgan fingerprint density at radius 2 is 1.88 bits per heavy atom. The number of aromatic amines is 1. The lowest BCUT2D eigenvalue weighted by atomic mass is 10.1. The summed E-state index contributed by atoms with van der Waals surface area (Å²) < 4.78 is 0. The summed E-state index contributed by atoms with van der Waals surface area (Å²) >= 11 is 0. The average Bonchev–Trinajstić information content (AvgIpc) is 2.97. The summed E-state index contributed by atoms with van der Waals surface area (Å²) in [5, 5.41) is 50.6. The second-order valence-corrected chi connectivity index (χ2v) is 5.61. The van der Waals surface area contributed by atoms with Gasteiger partial charge in [-0.05, 0) is 13.0 Å². The number of anilines is 1. The third-order valence-corrected chi connectivity index (χ3v) is 3.71. The first kappa shape index (κ1) is 17.2. The maximum Gasteiger partial charge on any atom is 0.265 e. The third kappa shape index (κ3) is 3.56. The number of rotatable bonds is 6. The lowest BCUT2D eigenvalue weighted by Gasteiger charge is -2.22. The van der Waals surface area contributed by atoms with E-state index in [1.807, 2.05) is 24.3 Å². The van der Waals surface area contributed by atoms with E-state index in [4.69, 9.17) is 0 Å². The second-order valence-electron chi connectivity index (χ2n) is 5.61. The van der Waals surface area contributed by atoms with Crippen LogP contribution in [0, 0.1) is 0 Å². The molecule has 4 unspecified atom stereocenters. The zero-order valence-electron chi connectivity index (χ0n) is 13.3. The van der Waals surface area contributed by atoms with E-state index >= 15 is 0 Å². The molecule has 0 fully saturated rings. The molecular weight excluding hydrogens is 328 g/mol. The van der Waals surface area contributed by atoms with E-state index in [-0.39, 0.29) is 5.95 Å². The number of hydrogen-bond acceptors (Lipinski definition) is 9. The quantitative estimate of drug-likeness (QED) is 0.254. The van der Waals surface area contributed by atoms with Crippen molar-refractivity contribution in [3.63, 3.8) is 0 Å². The summed E-state index contributed by atoms with van der Waals surface area (Å²) in [5.74, 6) is 0.0908. The molecule has 10 heteroatoms. The summed E-state index contributed by atoms with van der Waals surface area (Å²) in [4.78, 5) is 7.34. The van der Waals surface area contributed by atoms with E-state index in [0.717, 1.165) is 17.1 Å². The lowest BCUT2D eigenvalue weighted by molar-refractivity contribution is -0.0820. The van der Waals surface area contributed by atoms with Gasteiger partial charge in [0.1, 0.15) is 23.8 Å². The van der Waals surface area contributed by atoms with Crippen LogP contribution in [-0.2, 0) is 0 Å². The van der Waals surface area contributed by atoms with Crippen molar-refractivity contribution in [3.05, 3.63) is 24.3 Å². The largest absolute Gasteiger partial charge is 0.391 e. The van der Waals surface area contributed by atoms with Crippen LogP contribution in [0.2, 0.25) is 0 Å². The van der Waals surface area contributed by atoms with Gasteiger partial charge in [0.15, 0.2) is 5.65 Å². The van der Waals surface area contributed by atoms with Crippen molar-refractivity contribution in [1.82, 2.24) is 20.2 Å². The molecule has 6 N–H and O–H groups in total. The third-order valence-electron chi connectivity index (χ3n) is 3.71. The highest BCUT2D eigenvalue weighted by Gasteiger charge is 2.26. The molecule has 2 heterocycles. The summed E-state index contributed by atoms with van der Waals surface area (Å²) in [6, 6.07) is 7.58. The lowest BCUT2D eigenvalue weighted by Crippen LogP contribution is -2.44. The smallest absolute Gasteiger partial charge is 0.265 e. The molecule has 0 radical (unpaired) electrons. The van der Waals surface area contributed by atoms with Gasteiger partial charge in [-0.2, -0.15) is 10.1 Å². The van der Waals surface area contributed by atoms with Gasteiger partial charge >= 0.3 is 0 Å². The topological polar surface area (TPSA) is 160 Å². The Labute approximate surface area is 141 Å². The van der Waals surface area contributed by atoms with Gasteiger partial charge in [-0.25, -0.2) is 5.43 Å². The van der Waals surface area contributed by atoms with Crippen LogP contribution < -0.4 is 5.43 Å². The van der Waals surface area contributed by atoms with E-state index in [1.54, 1.807) is 0 Å². The number of H-pyrrole nitrogens is 1. The van der Waals surface area contributed by atoms with Gasteiger partial charge < -0.3 is 25.4 Å². The molecule has 0 saturated carbocycles. The van der Waals surface area contributed by atoms with E-state index < -0.39 is 24.4 Å². The molecule has 4 atom stereocenters. The average molecular weight is 346 g/mol. The van der Waals surface area contributed by atoms with E-state index in [9.17, 15) is 20.4 Å². The fraction of sp³-hybridized carbons (Fsp3) is 0.333. The monoisotopic (exact) mass is 346 g/mol. The number of aromatic nitrogens is 4. The Kier molecular flexibility index (Phi) is 4.86. The van der Waals surface area contributed by atoms with Gasteiger partial charge in [-0.15, -0.1) is 10.2 Å². The molecule has 3 rings (SSSR count). The molecule has 0 aliphatic carbocycles. The van der Waals surface area contributed by atoms with Gasteiger partial charge in [0.05, 0.1) is 12.3 Å². The normalized spacial score (nSPS) is 17.0. The molecule has 0 aliphatic heterocycles. The number of fused-ring (bicyclic) bond motifs is 3. The number of hydrazone groups is 1. The molecule has 0 spiro atoms. The number of nitrogens with zero attached hydrogens (tertiary/aromatic N) is 4. The predicted molar refractivity (Wildman–Crippen MR) is 91.0 cm³/mol. The van der Waals surface area contributed by atoms with Gasteiger partial charge in [0.25, 0.3) is 5.95 Å². The van der Waals surface area contributed by atoms with Crippen molar-refractivity contribution < 1.29 is 20.4 Å². The van der Waals surface area contributed by atoms with Crippen molar-refractivity contribution in [2.75, 3.05) is 5.43 Å². The fourth-order valence-corrected chi connectivity index (χ4v) is 2.31. The van der Waals surface area contributed by atoms with Crippen molar-refractivity contribution in [2.45, 2.75) is 31.3 Å². The van der Waals surface area contributed by atoms with Crippen LogP contribution in [0.15, 0.2) is 29.4 Å². The molecule has 3 aromatic rings. The van der Waals surface area contributed by atoms with Crippen molar-refractivity contribution in [3.8, 4) is 0 Å². The minimum absolute atomic E-state index is 0.0908. The first-order valence-corrected chi connectivity index (χ1v) is 7.60. The van der Waals surface area contributed by atoms with Gasteiger partial charge in [-0.3, -0.25) is 0 Å². The minimum Gasteiger partial charge on any atom is -0.391 e. The molecular formula is C15H18N6O4. The van der Waals surface area contributed by atoms with Crippen LogP contribution in [-0.4, -0.2) is 71.2 Å². The van der Waals surface area contributed by atoms with E-state index in [0.29, 0.717) is 11.2 Å². The number of para-hydroxylation sites is 1. The molecule has 0 bridgehead atoms. The predicted octanol–water partition coefficient (Wildman–Crippen LogP) is -0.633. The molecule has 1 aromatic carbocycles. The van der Waals surface area contributed by atoms with Crippen LogP contribution in [0.25, 0.3) is 22.1 Å². The Hall–Kier alpha value is -2.66. The highest BCUT2D eigenvalue weighted by Crippen LogP contribution is 2.21.